The van der Waals surface area contributed by atoms with Crippen LogP contribution < -0.4 is 9.64 Å². The zero-order valence-corrected chi connectivity index (χ0v) is 11.6. The second-order valence-corrected chi connectivity index (χ2v) is 4.77. The van der Waals surface area contributed by atoms with Crippen LogP contribution in [0.5, 0.6) is 5.75 Å². The van der Waals surface area contributed by atoms with Crippen molar-refractivity contribution >= 4 is 11.7 Å². The molecule has 1 unspecified atom stereocenters. The zero-order chi connectivity index (χ0) is 14.8. The molecule has 2 heterocycles. The van der Waals surface area contributed by atoms with Gasteiger partial charge in [0, 0.05) is 12.6 Å². The molecule has 106 valence electrons. The van der Waals surface area contributed by atoms with Crippen LogP contribution in [0.3, 0.4) is 0 Å². The molecule has 0 saturated carbocycles. The first-order chi connectivity index (χ1) is 10.2. The number of carbonyl (C=O) groups is 1. The number of anilines is 1. The van der Waals surface area contributed by atoms with Gasteiger partial charge in [0.2, 0.25) is 0 Å². The first kappa shape index (κ1) is 13.2. The molecular weight excluding hydrogens is 268 g/mol. The van der Waals surface area contributed by atoms with E-state index in [1.54, 1.807) is 53.0 Å². The van der Waals surface area contributed by atoms with Gasteiger partial charge in [-0.2, -0.15) is 10.4 Å². The van der Waals surface area contributed by atoms with E-state index < -0.39 is 6.10 Å². The number of para-hydroxylation sites is 1. The Kier molecular flexibility index (Phi) is 3.32. The molecule has 3 rings (SSSR count). The highest BCUT2D eigenvalue weighted by Crippen LogP contribution is 2.23. The van der Waals surface area contributed by atoms with Crippen molar-refractivity contribution in [2.45, 2.75) is 19.6 Å². The van der Waals surface area contributed by atoms with Crippen LogP contribution in [0.4, 0.5) is 5.82 Å². The van der Waals surface area contributed by atoms with Gasteiger partial charge in [-0.05, 0) is 19.1 Å². The molecule has 1 aromatic heterocycles. The van der Waals surface area contributed by atoms with E-state index in [1.807, 2.05) is 0 Å². The van der Waals surface area contributed by atoms with Gasteiger partial charge >= 0.3 is 0 Å². The van der Waals surface area contributed by atoms with E-state index in [0.29, 0.717) is 24.4 Å². The monoisotopic (exact) mass is 282 g/mol. The average Bonchev–Trinajstić information content (AvgIpc) is 3.10. The van der Waals surface area contributed by atoms with E-state index >= 15 is 0 Å². The third-order valence-corrected chi connectivity index (χ3v) is 3.43. The van der Waals surface area contributed by atoms with E-state index in [0.717, 1.165) is 5.82 Å². The third-order valence-electron chi connectivity index (χ3n) is 3.43. The Morgan fingerprint density at radius 2 is 2.19 bits per heavy atom. The Bertz CT molecular complexity index is 716. The fourth-order valence-electron chi connectivity index (χ4n) is 2.38. The molecule has 1 aliphatic heterocycles. The van der Waals surface area contributed by atoms with Crippen LogP contribution in [0.2, 0.25) is 0 Å². The molecular formula is C15H14N4O2. The lowest BCUT2D eigenvalue weighted by Crippen LogP contribution is -2.39. The summed E-state index contributed by atoms with van der Waals surface area (Å²) < 4.78 is 7.44. The van der Waals surface area contributed by atoms with Crippen LogP contribution in [0.1, 0.15) is 12.5 Å². The molecule has 2 aromatic rings. The number of hydrogen-bond acceptors (Lipinski definition) is 4. The van der Waals surface area contributed by atoms with E-state index in [1.165, 1.54) is 0 Å². The molecule has 0 aliphatic carbocycles. The normalized spacial score (nSPS) is 14.4. The molecule has 0 saturated heterocycles. The minimum Gasteiger partial charge on any atom is -0.479 e. The van der Waals surface area contributed by atoms with Gasteiger partial charge in [-0.25, -0.2) is 4.68 Å². The number of nitriles is 1. The number of carbonyl (C=O) groups excluding carboxylic acids is 1. The van der Waals surface area contributed by atoms with E-state index in [-0.39, 0.29) is 5.91 Å². The van der Waals surface area contributed by atoms with Crippen LogP contribution in [-0.2, 0) is 11.3 Å². The van der Waals surface area contributed by atoms with Gasteiger partial charge < -0.3 is 4.74 Å². The summed E-state index contributed by atoms with van der Waals surface area (Å²) in [6.07, 6.45) is 1.01. The summed E-state index contributed by atoms with van der Waals surface area (Å²) in [4.78, 5) is 14.1. The summed E-state index contributed by atoms with van der Waals surface area (Å²) in [5.41, 5.74) is 0.420. The van der Waals surface area contributed by atoms with Crippen molar-refractivity contribution < 1.29 is 9.53 Å². The standard InChI is InChI=1S/C15H14N4O2/c1-11(21-13-5-3-2-4-12(13)10-16)15(20)18-8-9-19-14(18)6-7-17-19/h2-7,11H,8-9H2,1H3. The number of aromatic nitrogens is 2. The van der Waals surface area contributed by atoms with Crippen molar-refractivity contribution in [1.82, 2.24) is 9.78 Å². The second-order valence-electron chi connectivity index (χ2n) is 4.77. The predicted molar refractivity (Wildman–Crippen MR) is 75.8 cm³/mol. The van der Waals surface area contributed by atoms with Crippen LogP contribution in [0.25, 0.3) is 0 Å². The Morgan fingerprint density at radius 1 is 1.38 bits per heavy atom. The van der Waals surface area contributed by atoms with Gasteiger partial charge in [-0.3, -0.25) is 9.69 Å². The van der Waals surface area contributed by atoms with Gasteiger partial charge in [0.25, 0.3) is 5.91 Å². The topological polar surface area (TPSA) is 71.2 Å². The summed E-state index contributed by atoms with van der Waals surface area (Å²) in [6.45, 7) is 2.97. The van der Waals surface area contributed by atoms with Crippen molar-refractivity contribution in [2.75, 3.05) is 11.4 Å². The maximum Gasteiger partial charge on any atom is 0.268 e. The highest BCUT2D eigenvalue weighted by atomic mass is 16.5. The van der Waals surface area contributed by atoms with Gasteiger partial charge in [-0.1, -0.05) is 12.1 Å². The number of ether oxygens (including phenoxy) is 1. The number of rotatable bonds is 3. The molecule has 0 radical (unpaired) electrons. The highest BCUT2D eigenvalue weighted by Gasteiger charge is 2.29. The molecule has 0 N–H and O–H groups in total. The van der Waals surface area contributed by atoms with Crippen molar-refractivity contribution in [2.24, 2.45) is 0 Å². The molecule has 1 aliphatic rings. The van der Waals surface area contributed by atoms with Gasteiger partial charge in [0.05, 0.1) is 18.3 Å². The Hall–Kier alpha value is -2.81. The van der Waals surface area contributed by atoms with Gasteiger partial charge in [0.15, 0.2) is 6.10 Å². The molecule has 1 amide bonds. The molecule has 6 nitrogen and oxygen atoms in total. The predicted octanol–water partition coefficient (Wildman–Crippen LogP) is 1.57. The summed E-state index contributed by atoms with van der Waals surface area (Å²) in [5, 5.41) is 13.2. The minimum absolute atomic E-state index is 0.137. The first-order valence-corrected chi connectivity index (χ1v) is 6.69. The molecule has 0 fully saturated rings. The van der Waals surface area contributed by atoms with Crippen LogP contribution in [0, 0.1) is 11.3 Å². The smallest absolute Gasteiger partial charge is 0.268 e. The largest absolute Gasteiger partial charge is 0.479 e. The lowest BCUT2D eigenvalue weighted by molar-refractivity contribution is -0.124. The number of amides is 1. The Morgan fingerprint density at radius 3 is 3.00 bits per heavy atom. The lowest BCUT2D eigenvalue weighted by atomic mass is 10.2. The number of benzene rings is 1. The van der Waals surface area contributed by atoms with Crippen LogP contribution in [-0.4, -0.2) is 28.3 Å². The summed E-state index contributed by atoms with van der Waals surface area (Å²) in [5.74, 6) is 1.07. The van der Waals surface area contributed by atoms with Crippen LogP contribution >= 0.6 is 0 Å². The summed E-state index contributed by atoms with van der Waals surface area (Å²) in [6, 6.07) is 10.8. The quantitative estimate of drug-likeness (QED) is 0.856. The summed E-state index contributed by atoms with van der Waals surface area (Å²) in [7, 11) is 0. The van der Waals surface area contributed by atoms with E-state index in [2.05, 4.69) is 11.2 Å². The molecule has 1 atom stereocenters. The van der Waals surface area contributed by atoms with Crippen LogP contribution in [0.15, 0.2) is 36.5 Å². The summed E-state index contributed by atoms with van der Waals surface area (Å²) >= 11 is 0. The van der Waals surface area contributed by atoms with E-state index in [9.17, 15) is 4.79 Å². The number of hydrogen-bond donors (Lipinski definition) is 0. The minimum atomic E-state index is -0.666. The highest BCUT2D eigenvalue weighted by molar-refractivity contribution is 5.96. The van der Waals surface area contributed by atoms with Gasteiger partial charge in [0.1, 0.15) is 17.6 Å². The number of nitrogens with zero attached hydrogens (tertiary/aromatic N) is 4. The van der Waals surface area contributed by atoms with E-state index in [4.69, 9.17) is 10.00 Å². The fourth-order valence-corrected chi connectivity index (χ4v) is 2.38. The third kappa shape index (κ3) is 2.34. The zero-order valence-electron chi connectivity index (χ0n) is 11.6. The SMILES string of the molecule is CC(Oc1ccccc1C#N)C(=O)N1CCn2nccc21. The molecule has 0 spiro atoms. The Labute approximate surface area is 122 Å². The van der Waals surface area contributed by atoms with Crippen molar-refractivity contribution in [3.05, 3.63) is 42.1 Å². The fraction of sp³-hybridized carbons (Fsp3) is 0.267. The average molecular weight is 282 g/mol. The maximum atomic E-state index is 12.5. The lowest BCUT2D eigenvalue weighted by Gasteiger charge is -2.21. The molecule has 21 heavy (non-hydrogen) atoms. The first-order valence-electron chi connectivity index (χ1n) is 6.69. The Balaban J connectivity index is 1.76. The van der Waals surface area contributed by atoms with Crippen molar-refractivity contribution in [3.8, 4) is 11.8 Å². The number of fused-ring (bicyclic) bond motifs is 1. The maximum absolute atomic E-state index is 12.5. The van der Waals surface area contributed by atoms with Crippen molar-refractivity contribution in [3.63, 3.8) is 0 Å². The molecule has 0 bridgehead atoms. The second kappa shape index (κ2) is 5.29. The molecule has 1 aromatic carbocycles. The molecule has 6 heteroatoms. The van der Waals surface area contributed by atoms with Crippen molar-refractivity contribution in [1.29, 1.82) is 5.26 Å². The van der Waals surface area contributed by atoms with Gasteiger partial charge in [-0.15, -0.1) is 0 Å².